The summed E-state index contributed by atoms with van der Waals surface area (Å²) in [7, 11) is 0. The van der Waals surface area contributed by atoms with Crippen LogP contribution in [0.1, 0.15) is 29.6 Å². The average Bonchev–Trinajstić information content (AvgIpc) is 2.20. The SMILES string of the molecule is NC1(C(=O)c2c(F)ccc(Br)c2F)CCC1. The fourth-order valence-electron chi connectivity index (χ4n) is 1.77. The predicted octanol–water partition coefficient (Wildman–Crippen LogP) is 2.79. The van der Waals surface area contributed by atoms with Crippen LogP contribution in [-0.2, 0) is 0 Å². The highest BCUT2D eigenvalue weighted by atomic mass is 79.9. The van der Waals surface area contributed by atoms with Gasteiger partial charge in [0.05, 0.1) is 15.6 Å². The summed E-state index contributed by atoms with van der Waals surface area (Å²) in [5.74, 6) is -2.38. The molecule has 1 aliphatic carbocycles. The number of rotatable bonds is 2. The van der Waals surface area contributed by atoms with E-state index in [0.717, 1.165) is 12.5 Å². The molecular formula is C11H10BrF2NO. The molecular weight excluding hydrogens is 280 g/mol. The van der Waals surface area contributed by atoms with Crippen LogP contribution in [0.3, 0.4) is 0 Å². The van der Waals surface area contributed by atoms with E-state index in [2.05, 4.69) is 15.9 Å². The van der Waals surface area contributed by atoms with Crippen LogP contribution in [-0.4, -0.2) is 11.3 Å². The number of nitrogens with two attached hydrogens (primary N) is 1. The third-order valence-corrected chi connectivity index (χ3v) is 3.58. The van der Waals surface area contributed by atoms with Crippen LogP contribution in [0.4, 0.5) is 8.78 Å². The Morgan fingerprint density at radius 3 is 2.50 bits per heavy atom. The van der Waals surface area contributed by atoms with E-state index < -0.39 is 28.5 Å². The summed E-state index contributed by atoms with van der Waals surface area (Å²) in [5, 5.41) is 0. The van der Waals surface area contributed by atoms with Gasteiger partial charge >= 0.3 is 0 Å². The molecule has 0 saturated heterocycles. The maximum absolute atomic E-state index is 13.6. The molecule has 0 heterocycles. The molecule has 1 aromatic carbocycles. The normalized spacial score (nSPS) is 18.0. The smallest absolute Gasteiger partial charge is 0.188 e. The van der Waals surface area contributed by atoms with Crippen LogP contribution in [0, 0.1) is 11.6 Å². The number of carbonyl (C=O) groups excluding carboxylic acids is 1. The molecule has 0 aromatic heterocycles. The lowest BCUT2D eigenvalue weighted by Gasteiger charge is -2.36. The summed E-state index contributed by atoms with van der Waals surface area (Å²) >= 11 is 2.92. The summed E-state index contributed by atoms with van der Waals surface area (Å²) in [6.45, 7) is 0. The molecule has 86 valence electrons. The molecule has 1 fully saturated rings. The monoisotopic (exact) mass is 289 g/mol. The van der Waals surface area contributed by atoms with Crippen LogP contribution in [0.2, 0.25) is 0 Å². The topological polar surface area (TPSA) is 43.1 Å². The minimum Gasteiger partial charge on any atom is -0.319 e. The highest BCUT2D eigenvalue weighted by Gasteiger charge is 2.42. The number of hydrogen-bond acceptors (Lipinski definition) is 2. The third-order valence-electron chi connectivity index (χ3n) is 2.97. The Bertz CT molecular complexity index is 458. The van der Waals surface area contributed by atoms with Crippen molar-refractivity contribution in [3.05, 3.63) is 33.8 Å². The van der Waals surface area contributed by atoms with Crippen molar-refractivity contribution in [2.24, 2.45) is 5.73 Å². The highest BCUT2D eigenvalue weighted by molar-refractivity contribution is 9.10. The van der Waals surface area contributed by atoms with Gasteiger partial charge in [0, 0.05) is 0 Å². The van der Waals surface area contributed by atoms with Gasteiger partial charge < -0.3 is 5.73 Å². The van der Waals surface area contributed by atoms with Crippen molar-refractivity contribution in [3.63, 3.8) is 0 Å². The summed E-state index contributed by atoms with van der Waals surface area (Å²) in [6.07, 6.45) is 1.79. The standard InChI is InChI=1S/C11H10BrF2NO/c12-6-2-3-7(13)8(9(6)14)10(16)11(15)4-1-5-11/h2-3H,1,4-5,15H2. The zero-order valence-corrected chi connectivity index (χ0v) is 9.98. The minimum absolute atomic E-state index is 0.0696. The Balaban J connectivity index is 2.47. The van der Waals surface area contributed by atoms with Crippen molar-refractivity contribution in [2.45, 2.75) is 24.8 Å². The molecule has 0 radical (unpaired) electrons. The first kappa shape index (κ1) is 11.7. The number of Topliss-reactive ketones (excluding diaryl/α,β-unsaturated/α-hetero) is 1. The van der Waals surface area contributed by atoms with Crippen molar-refractivity contribution in [2.75, 3.05) is 0 Å². The molecule has 1 aliphatic rings. The zero-order chi connectivity index (χ0) is 11.9. The van der Waals surface area contributed by atoms with Crippen molar-refractivity contribution in [3.8, 4) is 0 Å². The van der Waals surface area contributed by atoms with E-state index >= 15 is 0 Å². The van der Waals surface area contributed by atoms with E-state index in [1.54, 1.807) is 0 Å². The number of benzene rings is 1. The van der Waals surface area contributed by atoms with Gasteiger partial charge in [0.15, 0.2) is 11.6 Å². The van der Waals surface area contributed by atoms with Gasteiger partial charge in [0.25, 0.3) is 0 Å². The number of ketones is 1. The van der Waals surface area contributed by atoms with Crippen molar-refractivity contribution in [1.82, 2.24) is 0 Å². The van der Waals surface area contributed by atoms with Crippen molar-refractivity contribution < 1.29 is 13.6 Å². The van der Waals surface area contributed by atoms with Crippen LogP contribution in [0.15, 0.2) is 16.6 Å². The van der Waals surface area contributed by atoms with Gasteiger partial charge in [-0.15, -0.1) is 0 Å². The molecule has 0 atom stereocenters. The molecule has 1 saturated carbocycles. The Morgan fingerprint density at radius 1 is 1.38 bits per heavy atom. The minimum atomic E-state index is -1.08. The van der Waals surface area contributed by atoms with Gasteiger partial charge in [-0.05, 0) is 47.3 Å². The van der Waals surface area contributed by atoms with Crippen LogP contribution < -0.4 is 5.73 Å². The zero-order valence-electron chi connectivity index (χ0n) is 8.40. The molecule has 0 unspecified atom stereocenters. The van der Waals surface area contributed by atoms with E-state index in [0.29, 0.717) is 12.8 Å². The summed E-state index contributed by atoms with van der Waals surface area (Å²) in [4.78, 5) is 11.9. The van der Waals surface area contributed by atoms with E-state index in [-0.39, 0.29) is 4.47 Å². The third kappa shape index (κ3) is 1.68. The lowest BCUT2D eigenvalue weighted by atomic mass is 9.72. The van der Waals surface area contributed by atoms with E-state index in [1.807, 2.05) is 0 Å². The van der Waals surface area contributed by atoms with Crippen molar-refractivity contribution in [1.29, 1.82) is 0 Å². The van der Waals surface area contributed by atoms with Gasteiger partial charge in [-0.2, -0.15) is 0 Å². The largest absolute Gasteiger partial charge is 0.319 e. The van der Waals surface area contributed by atoms with Crippen LogP contribution in [0.25, 0.3) is 0 Å². The Labute approximate surface area is 100.0 Å². The van der Waals surface area contributed by atoms with Crippen molar-refractivity contribution >= 4 is 21.7 Å². The highest BCUT2D eigenvalue weighted by Crippen LogP contribution is 2.34. The molecule has 0 amide bonds. The fraction of sp³-hybridized carbons (Fsp3) is 0.364. The van der Waals surface area contributed by atoms with Gasteiger partial charge in [0.2, 0.25) is 0 Å². The fourth-order valence-corrected chi connectivity index (χ4v) is 2.10. The first-order chi connectivity index (χ1) is 7.46. The van der Waals surface area contributed by atoms with Gasteiger partial charge in [-0.3, -0.25) is 4.79 Å². The Kier molecular flexibility index (Phi) is 2.84. The lowest BCUT2D eigenvalue weighted by molar-refractivity contribution is 0.0791. The Morgan fingerprint density at radius 2 is 2.00 bits per heavy atom. The molecule has 2 N–H and O–H groups in total. The second-order valence-electron chi connectivity index (χ2n) is 4.06. The summed E-state index contributed by atoms with van der Waals surface area (Å²) in [6, 6.07) is 2.29. The van der Waals surface area contributed by atoms with Crippen LogP contribution >= 0.6 is 15.9 Å². The number of carbonyl (C=O) groups is 1. The summed E-state index contributed by atoms with van der Waals surface area (Å²) in [5.41, 5.74) is 4.16. The molecule has 5 heteroatoms. The Hall–Kier alpha value is -0.810. The van der Waals surface area contributed by atoms with Crippen LogP contribution in [0.5, 0.6) is 0 Å². The average molecular weight is 290 g/mol. The second kappa shape index (κ2) is 3.89. The first-order valence-corrected chi connectivity index (χ1v) is 5.72. The van der Waals surface area contributed by atoms with Gasteiger partial charge in [-0.1, -0.05) is 0 Å². The molecule has 16 heavy (non-hydrogen) atoms. The van der Waals surface area contributed by atoms with E-state index in [4.69, 9.17) is 5.73 Å². The first-order valence-electron chi connectivity index (χ1n) is 4.93. The molecule has 2 rings (SSSR count). The molecule has 0 bridgehead atoms. The number of halogens is 3. The maximum atomic E-state index is 13.6. The van der Waals surface area contributed by atoms with E-state index in [9.17, 15) is 13.6 Å². The molecule has 0 aliphatic heterocycles. The van der Waals surface area contributed by atoms with E-state index in [1.165, 1.54) is 6.07 Å². The molecule has 2 nitrogen and oxygen atoms in total. The quantitative estimate of drug-likeness (QED) is 0.672. The molecule has 0 spiro atoms. The predicted molar refractivity (Wildman–Crippen MR) is 59.2 cm³/mol. The second-order valence-corrected chi connectivity index (χ2v) is 4.91. The number of hydrogen-bond donors (Lipinski definition) is 1. The van der Waals surface area contributed by atoms with Gasteiger partial charge in [0.1, 0.15) is 5.82 Å². The maximum Gasteiger partial charge on any atom is 0.188 e. The molecule has 1 aromatic rings. The summed E-state index contributed by atoms with van der Waals surface area (Å²) < 4.78 is 27.1. The van der Waals surface area contributed by atoms with Gasteiger partial charge in [-0.25, -0.2) is 8.78 Å². The lowest BCUT2D eigenvalue weighted by Crippen LogP contribution is -2.54.